The summed E-state index contributed by atoms with van der Waals surface area (Å²) in [5.74, 6) is -1.33. The highest BCUT2D eigenvalue weighted by atomic mass is 19.4. The summed E-state index contributed by atoms with van der Waals surface area (Å²) in [7, 11) is 0. The summed E-state index contributed by atoms with van der Waals surface area (Å²) >= 11 is 0. The number of carbonyl (C=O) groups is 1. The number of halogens is 3. The van der Waals surface area contributed by atoms with E-state index < -0.39 is 17.7 Å². The second-order valence-corrected chi connectivity index (χ2v) is 4.37. The van der Waals surface area contributed by atoms with E-state index in [1.807, 2.05) is 11.4 Å². The van der Waals surface area contributed by atoms with Crippen LogP contribution in [-0.2, 0) is 4.79 Å². The van der Waals surface area contributed by atoms with Crippen LogP contribution in [0, 0.1) is 0 Å². The molecule has 0 fully saturated rings. The Bertz CT molecular complexity index is 436. The maximum absolute atomic E-state index is 12.7. The Morgan fingerprint density at radius 1 is 1.30 bits per heavy atom. The average Bonchev–Trinajstić information content (AvgIpc) is 2.37. The van der Waals surface area contributed by atoms with Crippen molar-refractivity contribution in [1.29, 1.82) is 0 Å². The molecule has 1 unspecified atom stereocenters. The summed E-state index contributed by atoms with van der Waals surface area (Å²) < 4.78 is 43.3. The Kier molecular flexibility index (Phi) is 5.38. The number of ether oxygens (including phenoxy) is 1. The lowest BCUT2D eigenvalue weighted by Gasteiger charge is -2.28. The number of aliphatic carboxylic acids is 1. The topological polar surface area (TPSA) is 58.6 Å². The quantitative estimate of drug-likeness (QED) is 0.758. The smallest absolute Gasteiger partial charge is 0.417 e. The van der Waals surface area contributed by atoms with Gasteiger partial charge in [0.1, 0.15) is 5.75 Å². The number of benzene rings is 1. The van der Waals surface area contributed by atoms with Crippen LogP contribution in [0.2, 0.25) is 0 Å². The zero-order valence-electron chi connectivity index (χ0n) is 10.9. The van der Waals surface area contributed by atoms with Gasteiger partial charge in [0.25, 0.3) is 0 Å². The minimum Gasteiger partial charge on any atom is -0.494 e. The minimum absolute atomic E-state index is 0.116. The molecule has 0 aliphatic carbocycles. The van der Waals surface area contributed by atoms with Gasteiger partial charge in [-0.1, -0.05) is 18.2 Å². The van der Waals surface area contributed by atoms with Gasteiger partial charge in [-0.05, 0) is 32.0 Å². The first-order valence-corrected chi connectivity index (χ1v) is 6.00. The molecule has 7 heteroatoms. The van der Waals surface area contributed by atoms with Crippen LogP contribution in [0.1, 0.15) is 13.3 Å². The minimum atomic E-state index is -4.86. The number of para-hydroxylation sites is 1. The monoisotopic (exact) mass is 291 g/mol. The predicted octanol–water partition coefficient (Wildman–Crippen LogP) is 2.45. The second-order valence-electron chi connectivity index (χ2n) is 4.37. The van der Waals surface area contributed by atoms with Crippen molar-refractivity contribution in [2.45, 2.75) is 25.1 Å². The average molecular weight is 291 g/mol. The van der Waals surface area contributed by atoms with Crippen LogP contribution in [0.3, 0.4) is 0 Å². The zero-order chi connectivity index (χ0) is 15.2. The number of carboxylic acid groups (broad SMARTS) is 1. The third-order valence-corrected chi connectivity index (χ3v) is 2.81. The van der Waals surface area contributed by atoms with Gasteiger partial charge in [-0.15, -0.1) is 0 Å². The molecule has 2 N–H and O–H groups in total. The summed E-state index contributed by atoms with van der Waals surface area (Å²) in [5, 5.41) is 10.7. The summed E-state index contributed by atoms with van der Waals surface area (Å²) in [6, 6.07) is 8.82. The Labute approximate surface area is 114 Å². The molecule has 0 radical (unpaired) electrons. The fraction of sp³-hybridized carbons (Fsp3) is 0.462. The molecule has 0 aliphatic heterocycles. The maximum atomic E-state index is 12.7. The first-order chi connectivity index (χ1) is 9.27. The highest BCUT2D eigenvalue weighted by Gasteiger charge is 2.56. The van der Waals surface area contributed by atoms with E-state index in [-0.39, 0.29) is 19.6 Å². The predicted molar refractivity (Wildman–Crippen MR) is 66.7 cm³/mol. The van der Waals surface area contributed by atoms with Crippen LogP contribution < -0.4 is 10.1 Å². The summed E-state index contributed by atoms with van der Waals surface area (Å²) in [5.41, 5.74) is -2.94. The third-order valence-electron chi connectivity index (χ3n) is 2.81. The largest absolute Gasteiger partial charge is 0.494 e. The molecule has 1 aromatic rings. The third kappa shape index (κ3) is 4.12. The summed E-state index contributed by atoms with van der Waals surface area (Å²) in [6.07, 6.45) is -4.60. The number of alkyl halides is 3. The number of nitrogens with one attached hydrogen (secondary N) is 1. The van der Waals surface area contributed by atoms with Gasteiger partial charge in [0, 0.05) is 0 Å². The highest BCUT2D eigenvalue weighted by molar-refractivity contribution is 5.79. The van der Waals surface area contributed by atoms with E-state index in [2.05, 4.69) is 0 Å². The van der Waals surface area contributed by atoms with Gasteiger partial charge in [-0.3, -0.25) is 5.32 Å². The van der Waals surface area contributed by atoms with Gasteiger partial charge in [0.2, 0.25) is 5.54 Å². The SMILES string of the molecule is CC(NCCCOc1ccccc1)(C(=O)O)C(F)(F)F. The highest BCUT2D eigenvalue weighted by Crippen LogP contribution is 2.30. The summed E-state index contributed by atoms with van der Waals surface area (Å²) in [4.78, 5) is 10.7. The van der Waals surface area contributed by atoms with Crippen LogP contribution in [-0.4, -0.2) is 35.9 Å². The van der Waals surface area contributed by atoms with E-state index in [1.165, 1.54) is 0 Å². The molecule has 0 heterocycles. The summed E-state index contributed by atoms with van der Waals surface area (Å²) in [6.45, 7) is 0.688. The fourth-order valence-corrected chi connectivity index (χ4v) is 1.41. The van der Waals surface area contributed by atoms with Crippen LogP contribution in [0.4, 0.5) is 13.2 Å². The standard InChI is InChI=1S/C13H16F3NO3/c1-12(11(18)19,13(14,15)16)17-8-5-9-20-10-6-3-2-4-7-10/h2-4,6-7,17H,5,8-9H2,1H3,(H,18,19). The first kappa shape index (κ1) is 16.3. The normalized spacial score (nSPS) is 14.6. The van der Waals surface area contributed by atoms with Crippen LogP contribution in [0.5, 0.6) is 5.75 Å². The Morgan fingerprint density at radius 2 is 1.90 bits per heavy atom. The van der Waals surface area contributed by atoms with E-state index in [9.17, 15) is 18.0 Å². The molecule has 4 nitrogen and oxygen atoms in total. The number of carboxylic acids is 1. The van der Waals surface area contributed by atoms with E-state index in [0.29, 0.717) is 12.7 Å². The maximum Gasteiger partial charge on any atom is 0.417 e. The molecule has 1 atom stereocenters. The van der Waals surface area contributed by atoms with Crippen LogP contribution in [0.25, 0.3) is 0 Å². The first-order valence-electron chi connectivity index (χ1n) is 6.00. The Balaban J connectivity index is 2.37. The lowest BCUT2D eigenvalue weighted by atomic mass is 10.0. The number of hydrogen-bond acceptors (Lipinski definition) is 3. The van der Waals surface area contributed by atoms with E-state index in [4.69, 9.17) is 9.84 Å². The molecule has 0 bridgehead atoms. The van der Waals surface area contributed by atoms with Gasteiger partial charge in [0.15, 0.2) is 0 Å². The van der Waals surface area contributed by atoms with Crippen molar-refractivity contribution >= 4 is 5.97 Å². The van der Waals surface area contributed by atoms with Crippen molar-refractivity contribution < 1.29 is 27.8 Å². The van der Waals surface area contributed by atoms with Crippen molar-refractivity contribution in [2.75, 3.05) is 13.2 Å². The van der Waals surface area contributed by atoms with Crippen molar-refractivity contribution in [1.82, 2.24) is 5.32 Å². The molecule has 0 aliphatic rings. The number of rotatable bonds is 7. The molecule has 112 valence electrons. The fourth-order valence-electron chi connectivity index (χ4n) is 1.41. The Morgan fingerprint density at radius 3 is 2.40 bits per heavy atom. The molecule has 1 rings (SSSR count). The number of hydrogen-bond donors (Lipinski definition) is 2. The van der Waals surface area contributed by atoms with E-state index >= 15 is 0 Å². The van der Waals surface area contributed by atoms with Gasteiger partial charge in [-0.25, -0.2) is 4.79 Å². The van der Waals surface area contributed by atoms with Crippen molar-refractivity contribution in [3.63, 3.8) is 0 Å². The molecule has 0 saturated heterocycles. The van der Waals surface area contributed by atoms with E-state index in [1.54, 1.807) is 24.3 Å². The van der Waals surface area contributed by atoms with Gasteiger partial charge in [-0.2, -0.15) is 13.2 Å². The lowest BCUT2D eigenvalue weighted by molar-refractivity contribution is -0.205. The molecule has 0 amide bonds. The van der Waals surface area contributed by atoms with Gasteiger partial charge in [0.05, 0.1) is 6.61 Å². The molecule has 0 saturated carbocycles. The lowest BCUT2D eigenvalue weighted by Crippen LogP contribution is -2.60. The molecule has 20 heavy (non-hydrogen) atoms. The molecule has 1 aromatic carbocycles. The molecular formula is C13H16F3NO3. The van der Waals surface area contributed by atoms with Crippen molar-refractivity contribution in [3.8, 4) is 5.75 Å². The van der Waals surface area contributed by atoms with Gasteiger partial charge >= 0.3 is 12.1 Å². The molecular weight excluding hydrogens is 275 g/mol. The van der Waals surface area contributed by atoms with Crippen LogP contribution in [0.15, 0.2) is 30.3 Å². The zero-order valence-corrected chi connectivity index (χ0v) is 10.9. The Hall–Kier alpha value is -1.76. The molecule has 0 spiro atoms. The second kappa shape index (κ2) is 6.60. The van der Waals surface area contributed by atoms with Crippen molar-refractivity contribution in [2.24, 2.45) is 0 Å². The van der Waals surface area contributed by atoms with Gasteiger partial charge < -0.3 is 9.84 Å². The van der Waals surface area contributed by atoms with Crippen LogP contribution >= 0.6 is 0 Å². The van der Waals surface area contributed by atoms with Crippen molar-refractivity contribution in [3.05, 3.63) is 30.3 Å². The molecule has 0 aromatic heterocycles. The van der Waals surface area contributed by atoms with E-state index in [0.717, 1.165) is 0 Å².